The van der Waals surface area contributed by atoms with E-state index in [9.17, 15) is 30.8 Å². The fraction of sp³-hybridized carbons (Fsp3) is 0.133. The van der Waals surface area contributed by atoms with Gasteiger partial charge in [0.1, 0.15) is 17.3 Å². The van der Waals surface area contributed by atoms with Gasteiger partial charge in [0, 0.05) is 11.1 Å². The van der Waals surface area contributed by atoms with Crippen LogP contribution in [-0.2, 0) is 9.84 Å². The fourth-order valence-electron chi connectivity index (χ4n) is 2.01. The van der Waals surface area contributed by atoms with Crippen LogP contribution in [0.2, 0.25) is 5.02 Å². The number of carbonyl (C=O) groups is 1. The summed E-state index contributed by atoms with van der Waals surface area (Å²) >= 11 is 8.57. The van der Waals surface area contributed by atoms with Crippen LogP contribution in [0, 0.1) is 5.82 Å². The van der Waals surface area contributed by atoms with Crippen molar-refractivity contribution in [3.8, 4) is 11.5 Å². The molecule has 0 amide bonds. The van der Waals surface area contributed by atoms with Crippen LogP contribution in [0.25, 0.3) is 0 Å². The van der Waals surface area contributed by atoms with Gasteiger partial charge < -0.3 is 4.74 Å². The number of alkyl halides is 3. The predicted octanol–water partition coefficient (Wildman–Crippen LogP) is 5.53. The maximum atomic E-state index is 13.4. The molecule has 0 aliphatic rings. The van der Waals surface area contributed by atoms with Crippen LogP contribution in [-0.4, -0.2) is 19.7 Å². The molecular weight excluding hydrogens is 468 g/mol. The molecule has 0 atom stereocenters. The number of rotatable bonds is 4. The summed E-state index contributed by atoms with van der Waals surface area (Å²) in [4.78, 5) is 10.6. The second kappa shape index (κ2) is 7.16. The molecule has 0 unspecified atom stereocenters. The molecule has 0 fully saturated rings. The van der Waals surface area contributed by atoms with Gasteiger partial charge >= 0.3 is 5.51 Å². The number of hydrogen-bond acceptors (Lipinski definition) is 4. The summed E-state index contributed by atoms with van der Waals surface area (Å²) in [6.45, 7) is 0.901. The molecule has 0 saturated carbocycles. The van der Waals surface area contributed by atoms with E-state index in [1.165, 1.54) is 6.07 Å². The average Bonchev–Trinajstić information content (AvgIpc) is 2.46. The first-order chi connectivity index (χ1) is 11.8. The van der Waals surface area contributed by atoms with E-state index in [-0.39, 0.29) is 21.0 Å². The van der Waals surface area contributed by atoms with Crippen molar-refractivity contribution >= 4 is 43.2 Å². The topological polar surface area (TPSA) is 60.4 Å². The van der Waals surface area contributed by atoms with E-state index in [1.807, 2.05) is 0 Å². The highest BCUT2D eigenvalue weighted by Gasteiger charge is 2.48. The third-order valence-corrected chi connectivity index (χ3v) is 5.61. The Morgan fingerprint density at radius 3 is 2.31 bits per heavy atom. The lowest BCUT2D eigenvalue weighted by atomic mass is 10.1. The first kappa shape index (κ1) is 20.7. The molecule has 2 aromatic rings. The second-order valence-corrected chi connectivity index (χ2v) is 8.10. The van der Waals surface area contributed by atoms with Gasteiger partial charge in [0.25, 0.3) is 9.84 Å². The number of carbonyl (C=O) groups excluding carboxylic acids is 1. The Bertz CT molecular complexity index is 970. The van der Waals surface area contributed by atoms with E-state index in [1.54, 1.807) is 0 Å². The maximum Gasteiger partial charge on any atom is 0.501 e. The fourth-order valence-corrected chi connectivity index (χ4v) is 4.07. The molecule has 0 aliphatic carbocycles. The Balaban J connectivity index is 2.63. The van der Waals surface area contributed by atoms with E-state index in [0.717, 1.165) is 25.1 Å². The quantitative estimate of drug-likeness (QED) is 0.431. The Hall–Kier alpha value is -1.65. The zero-order valence-electron chi connectivity index (χ0n) is 12.7. The standard InChI is InChI=1S/C15H8BrClF4O4S/c1-7(22)13-12(26(23,24)15(19,20)21)3-2-11(14(13)16)25-10-5-8(17)4-9(18)6-10/h2-6H,1H3. The molecule has 4 nitrogen and oxygen atoms in total. The number of hydrogen-bond donors (Lipinski definition) is 0. The van der Waals surface area contributed by atoms with Crippen LogP contribution in [0.5, 0.6) is 11.5 Å². The average molecular weight is 476 g/mol. The van der Waals surface area contributed by atoms with Gasteiger partial charge in [-0.25, -0.2) is 12.8 Å². The van der Waals surface area contributed by atoms with Crippen molar-refractivity contribution in [3.63, 3.8) is 0 Å². The van der Waals surface area contributed by atoms with Gasteiger partial charge in [-0.15, -0.1) is 0 Å². The lowest BCUT2D eigenvalue weighted by Gasteiger charge is -2.15. The van der Waals surface area contributed by atoms with Crippen LogP contribution >= 0.6 is 27.5 Å². The van der Waals surface area contributed by atoms with Gasteiger partial charge in [-0.05, 0) is 47.1 Å². The number of sulfone groups is 1. The molecule has 0 aromatic heterocycles. The van der Waals surface area contributed by atoms with E-state index >= 15 is 0 Å². The Morgan fingerprint density at radius 1 is 1.19 bits per heavy atom. The highest BCUT2D eigenvalue weighted by molar-refractivity contribution is 9.10. The third-order valence-electron chi connectivity index (χ3n) is 3.08. The summed E-state index contributed by atoms with van der Waals surface area (Å²) in [5, 5.41) is -0.000756. The highest BCUT2D eigenvalue weighted by Crippen LogP contribution is 2.40. The summed E-state index contributed by atoms with van der Waals surface area (Å²) in [6, 6.07) is 4.69. The maximum absolute atomic E-state index is 13.4. The van der Waals surface area contributed by atoms with E-state index in [2.05, 4.69) is 15.9 Å². The monoisotopic (exact) mass is 474 g/mol. The molecule has 0 saturated heterocycles. The molecule has 26 heavy (non-hydrogen) atoms. The Labute approximate surface area is 158 Å². The minimum Gasteiger partial charge on any atom is -0.456 e. The van der Waals surface area contributed by atoms with Gasteiger partial charge in [-0.2, -0.15) is 13.2 Å². The minimum absolute atomic E-state index is 0.000756. The second-order valence-electron chi connectivity index (χ2n) is 4.96. The molecule has 0 heterocycles. The van der Waals surface area contributed by atoms with Crippen LogP contribution in [0.3, 0.4) is 0 Å². The van der Waals surface area contributed by atoms with Crippen molar-refractivity contribution in [1.82, 2.24) is 0 Å². The van der Waals surface area contributed by atoms with Crippen molar-refractivity contribution in [1.29, 1.82) is 0 Å². The number of benzene rings is 2. The van der Waals surface area contributed by atoms with E-state index in [0.29, 0.717) is 6.07 Å². The zero-order chi connectivity index (χ0) is 19.9. The summed E-state index contributed by atoms with van der Waals surface area (Å²) in [5.74, 6) is -1.97. The predicted molar refractivity (Wildman–Crippen MR) is 88.9 cm³/mol. The lowest BCUT2D eigenvalue weighted by Crippen LogP contribution is -2.25. The van der Waals surface area contributed by atoms with Crippen LogP contribution in [0.4, 0.5) is 17.6 Å². The summed E-state index contributed by atoms with van der Waals surface area (Å²) in [5.41, 5.74) is -6.32. The van der Waals surface area contributed by atoms with Gasteiger partial charge in [0.15, 0.2) is 5.78 Å². The van der Waals surface area contributed by atoms with E-state index in [4.69, 9.17) is 16.3 Å². The van der Waals surface area contributed by atoms with Crippen molar-refractivity contribution in [2.75, 3.05) is 0 Å². The van der Waals surface area contributed by atoms with Crippen molar-refractivity contribution in [2.24, 2.45) is 0 Å². The molecule has 11 heteroatoms. The number of ether oxygens (including phenoxy) is 1. The van der Waals surface area contributed by atoms with Crippen molar-refractivity contribution in [2.45, 2.75) is 17.3 Å². The summed E-state index contributed by atoms with van der Waals surface area (Å²) in [7, 11) is -5.77. The lowest BCUT2D eigenvalue weighted by molar-refractivity contribution is -0.0436. The summed E-state index contributed by atoms with van der Waals surface area (Å²) in [6.07, 6.45) is 0. The molecule has 2 rings (SSSR count). The molecular formula is C15H8BrClF4O4S. The first-order valence-electron chi connectivity index (χ1n) is 6.63. The largest absolute Gasteiger partial charge is 0.501 e. The molecule has 0 bridgehead atoms. The summed E-state index contributed by atoms with van der Waals surface area (Å²) < 4.78 is 80.2. The van der Waals surface area contributed by atoms with Gasteiger partial charge in [0.2, 0.25) is 0 Å². The highest BCUT2D eigenvalue weighted by atomic mass is 79.9. The van der Waals surface area contributed by atoms with Gasteiger partial charge in [-0.1, -0.05) is 11.6 Å². The number of ketones is 1. The molecule has 0 spiro atoms. The Kier molecular flexibility index (Phi) is 5.69. The molecule has 2 aromatic carbocycles. The van der Waals surface area contributed by atoms with Crippen LogP contribution in [0.1, 0.15) is 17.3 Å². The van der Waals surface area contributed by atoms with Crippen molar-refractivity contribution in [3.05, 3.63) is 51.2 Å². The smallest absolute Gasteiger partial charge is 0.456 e. The number of halogens is 6. The Morgan fingerprint density at radius 2 is 1.81 bits per heavy atom. The number of Topliss-reactive ketones (excluding diaryl/α,β-unsaturated/α-hetero) is 1. The molecule has 0 N–H and O–H groups in total. The van der Waals surface area contributed by atoms with Gasteiger partial charge in [-0.3, -0.25) is 4.79 Å². The van der Waals surface area contributed by atoms with Crippen LogP contribution < -0.4 is 4.74 Å². The zero-order valence-corrected chi connectivity index (χ0v) is 15.9. The van der Waals surface area contributed by atoms with Crippen LogP contribution in [0.15, 0.2) is 39.7 Å². The van der Waals surface area contributed by atoms with E-state index < -0.39 is 37.4 Å². The SMILES string of the molecule is CC(=O)c1c(S(=O)(=O)C(F)(F)F)ccc(Oc2cc(F)cc(Cl)c2)c1Br. The normalized spacial score (nSPS) is 12.1. The van der Waals surface area contributed by atoms with Crippen molar-refractivity contribution < 1.29 is 35.5 Å². The molecule has 140 valence electrons. The molecule has 0 aliphatic heterocycles. The third kappa shape index (κ3) is 4.02. The minimum atomic E-state index is -5.77. The first-order valence-corrected chi connectivity index (χ1v) is 9.28. The van der Waals surface area contributed by atoms with Gasteiger partial charge in [0.05, 0.1) is 14.9 Å². The molecule has 0 radical (unpaired) electrons.